The first kappa shape index (κ1) is 20.7. The fourth-order valence-electron chi connectivity index (χ4n) is 2.12. The second-order valence-corrected chi connectivity index (χ2v) is 5.20. The molecule has 1 rings (SSSR count). The van der Waals surface area contributed by atoms with Crippen molar-refractivity contribution in [1.29, 1.82) is 0 Å². The molecule has 7 nitrogen and oxygen atoms in total. The molecule has 1 atom stereocenters. The first-order valence-electron chi connectivity index (χ1n) is 7.07. The normalized spacial score (nSPS) is 18.8. The summed E-state index contributed by atoms with van der Waals surface area (Å²) in [6.45, 7) is 4.27. The summed E-state index contributed by atoms with van der Waals surface area (Å²) in [6.07, 6.45) is 1.54. The molecule has 0 radical (unpaired) electrons. The Morgan fingerprint density at radius 3 is 2.68 bits per heavy atom. The molecule has 1 N–H and O–H groups in total. The Kier molecular flexibility index (Phi) is 9.80. The lowest BCUT2D eigenvalue weighted by molar-refractivity contribution is -0.143. The van der Waals surface area contributed by atoms with Crippen LogP contribution in [-0.4, -0.2) is 79.9 Å². The average molecular weight is 337 g/mol. The first-order chi connectivity index (χ1) is 9.93. The quantitative estimate of drug-likeness (QED) is 0.538. The van der Waals surface area contributed by atoms with Gasteiger partial charge in [0.2, 0.25) is 0 Å². The van der Waals surface area contributed by atoms with E-state index in [9.17, 15) is 9.59 Å². The summed E-state index contributed by atoms with van der Waals surface area (Å²) in [5.41, 5.74) is 0.0861. The van der Waals surface area contributed by atoms with Crippen LogP contribution in [0.2, 0.25) is 0 Å². The van der Waals surface area contributed by atoms with Gasteiger partial charge in [0, 0.05) is 19.6 Å². The Hall–Kier alpha value is -1.31. The first-order valence-corrected chi connectivity index (χ1v) is 7.07. The van der Waals surface area contributed by atoms with Crippen LogP contribution in [0, 0.1) is 0 Å². The van der Waals surface area contributed by atoms with E-state index in [0.717, 1.165) is 6.08 Å². The molecular weight excluding hydrogens is 312 g/mol. The Bertz CT molecular complexity index is 401. The molecule has 0 bridgehead atoms. The van der Waals surface area contributed by atoms with Crippen molar-refractivity contribution < 1.29 is 24.2 Å². The number of hydrogen-bond donors (Lipinski definition) is 1. The van der Waals surface area contributed by atoms with Crippen molar-refractivity contribution in [2.24, 2.45) is 0 Å². The van der Waals surface area contributed by atoms with Crippen LogP contribution >= 0.6 is 12.4 Å². The average Bonchev–Trinajstić information content (AvgIpc) is 2.41. The summed E-state index contributed by atoms with van der Waals surface area (Å²) in [4.78, 5) is 26.7. The largest absolute Gasteiger partial charge is 0.478 e. The molecular formula is C14H25ClN2O5. The molecule has 1 fully saturated rings. The van der Waals surface area contributed by atoms with E-state index in [-0.39, 0.29) is 30.8 Å². The number of morpholine rings is 1. The Morgan fingerprint density at radius 2 is 2.14 bits per heavy atom. The van der Waals surface area contributed by atoms with Gasteiger partial charge in [0.1, 0.15) is 5.70 Å². The number of esters is 1. The van der Waals surface area contributed by atoms with Gasteiger partial charge in [-0.15, -0.1) is 12.4 Å². The third-order valence-electron chi connectivity index (χ3n) is 2.95. The van der Waals surface area contributed by atoms with Gasteiger partial charge in [0.25, 0.3) is 0 Å². The molecule has 0 spiro atoms. The van der Waals surface area contributed by atoms with Gasteiger partial charge in [-0.05, 0) is 20.5 Å². The Balaban J connectivity index is 0.00000441. The number of likely N-dealkylation sites (N-methyl/N-ethyl adjacent to an activating group) is 1. The van der Waals surface area contributed by atoms with Crippen molar-refractivity contribution in [2.75, 3.05) is 46.9 Å². The lowest BCUT2D eigenvalue weighted by Crippen LogP contribution is -2.47. The van der Waals surface area contributed by atoms with Gasteiger partial charge in [-0.2, -0.15) is 0 Å². The molecule has 1 saturated heterocycles. The fraction of sp³-hybridized carbons (Fsp3) is 0.714. The minimum Gasteiger partial charge on any atom is -0.478 e. The molecule has 0 saturated carbocycles. The second-order valence-electron chi connectivity index (χ2n) is 5.20. The second kappa shape index (κ2) is 10.4. The van der Waals surface area contributed by atoms with Crippen molar-refractivity contribution in [3.63, 3.8) is 0 Å². The minimum absolute atomic E-state index is 0. The van der Waals surface area contributed by atoms with E-state index in [2.05, 4.69) is 0 Å². The number of halogens is 1. The number of hydrogen-bond acceptors (Lipinski definition) is 6. The van der Waals surface area contributed by atoms with Crippen LogP contribution in [-0.2, 0) is 19.1 Å². The summed E-state index contributed by atoms with van der Waals surface area (Å²) < 4.78 is 10.7. The van der Waals surface area contributed by atoms with Crippen LogP contribution in [0.1, 0.15) is 13.3 Å². The van der Waals surface area contributed by atoms with Crippen LogP contribution in [0.5, 0.6) is 0 Å². The van der Waals surface area contributed by atoms with Gasteiger partial charge >= 0.3 is 11.9 Å². The molecule has 128 valence electrons. The van der Waals surface area contributed by atoms with E-state index in [1.165, 1.54) is 0 Å². The van der Waals surface area contributed by atoms with E-state index in [1.54, 1.807) is 4.90 Å². The van der Waals surface area contributed by atoms with Crippen LogP contribution in [0.3, 0.4) is 0 Å². The molecule has 0 aromatic carbocycles. The summed E-state index contributed by atoms with van der Waals surface area (Å²) in [5.74, 6) is -1.75. The molecule has 0 amide bonds. The number of carboxylic acids is 1. The molecule has 8 heteroatoms. The molecule has 0 aliphatic carbocycles. The predicted molar refractivity (Wildman–Crippen MR) is 84.1 cm³/mol. The van der Waals surface area contributed by atoms with Crippen molar-refractivity contribution in [3.05, 3.63) is 11.8 Å². The summed E-state index contributed by atoms with van der Waals surface area (Å²) in [5, 5.41) is 8.95. The van der Waals surface area contributed by atoms with Crippen LogP contribution in [0.4, 0.5) is 0 Å². The highest BCUT2D eigenvalue weighted by Gasteiger charge is 2.27. The maximum Gasteiger partial charge on any atom is 0.354 e. The van der Waals surface area contributed by atoms with E-state index in [4.69, 9.17) is 14.6 Å². The number of aliphatic carboxylic acids is 1. The van der Waals surface area contributed by atoms with Crippen molar-refractivity contribution in [1.82, 2.24) is 9.80 Å². The standard InChI is InChI=1S/C14H24N2O5.ClH/c1-4-6-21-14(19)12(8-13(17)18)16-5-7-20-11(10-16)9-15(2)3;/h8,11H,4-7,9-10H2,1-3H3,(H,17,18);1H/b12-8-;. The fourth-order valence-corrected chi connectivity index (χ4v) is 2.12. The van der Waals surface area contributed by atoms with Gasteiger partial charge in [-0.3, -0.25) is 0 Å². The summed E-state index contributed by atoms with van der Waals surface area (Å²) >= 11 is 0. The monoisotopic (exact) mass is 336 g/mol. The topological polar surface area (TPSA) is 79.3 Å². The number of rotatable bonds is 7. The Labute approximate surface area is 137 Å². The maximum absolute atomic E-state index is 12.0. The van der Waals surface area contributed by atoms with E-state index in [1.807, 2.05) is 25.9 Å². The predicted octanol–water partition coefficient (Wildman–Crippen LogP) is 0.592. The minimum atomic E-state index is -1.16. The molecule has 1 aliphatic rings. The van der Waals surface area contributed by atoms with E-state index >= 15 is 0 Å². The van der Waals surface area contributed by atoms with Gasteiger partial charge in [0.05, 0.1) is 25.4 Å². The zero-order valence-electron chi connectivity index (χ0n) is 13.3. The zero-order chi connectivity index (χ0) is 15.8. The highest BCUT2D eigenvalue weighted by atomic mass is 35.5. The highest BCUT2D eigenvalue weighted by Crippen LogP contribution is 2.14. The number of carbonyl (C=O) groups is 2. The zero-order valence-corrected chi connectivity index (χ0v) is 14.1. The van der Waals surface area contributed by atoms with Crippen molar-refractivity contribution in [2.45, 2.75) is 19.4 Å². The van der Waals surface area contributed by atoms with Crippen LogP contribution in [0.15, 0.2) is 11.8 Å². The summed E-state index contributed by atoms with van der Waals surface area (Å²) in [6, 6.07) is 0. The lowest BCUT2D eigenvalue weighted by atomic mass is 10.2. The maximum atomic E-state index is 12.0. The number of carbonyl (C=O) groups excluding carboxylic acids is 1. The van der Waals surface area contributed by atoms with Crippen molar-refractivity contribution in [3.8, 4) is 0 Å². The van der Waals surface area contributed by atoms with Gasteiger partial charge < -0.3 is 24.4 Å². The Morgan fingerprint density at radius 1 is 1.45 bits per heavy atom. The smallest absolute Gasteiger partial charge is 0.354 e. The van der Waals surface area contributed by atoms with Gasteiger partial charge in [-0.25, -0.2) is 9.59 Å². The number of ether oxygens (including phenoxy) is 2. The third-order valence-corrected chi connectivity index (χ3v) is 2.95. The lowest BCUT2D eigenvalue weighted by Gasteiger charge is -2.35. The summed E-state index contributed by atoms with van der Waals surface area (Å²) in [7, 11) is 3.87. The van der Waals surface area contributed by atoms with Crippen LogP contribution in [0.25, 0.3) is 0 Å². The van der Waals surface area contributed by atoms with Gasteiger partial charge in [-0.1, -0.05) is 6.92 Å². The van der Waals surface area contributed by atoms with Crippen LogP contribution < -0.4 is 0 Å². The SMILES string of the molecule is CCCOC(=O)/C(=C/C(=O)O)N1CCOC(CN(C)C)C1.Cl. The molecule has 1 unspecified atom stereocenters. The highest BCUT2D eigenvalue weighted by molar-refractivity contribution is 5.95. The van der Waals surface area contributed by atoms with E-state index < -0.39 is 11.9 Å². The molecule has 1 aliphatic heterocycles. The third kappa shape index (κ3) is 7.11. The van der Waals surface area contributed by atoms with Gasteiger partial charge in [0.15, 0.2) is 0 Å². The number of nitrogens with zero attached hydrogens (tertiary/aromatic N) is 2. The number of carboxylic acid groups (broad SMARTS) is 1. The molecule has 0 aromatic rings. The molecule has 0 aromatic heterocycles. The van der Waals surface area contributed by atoms with Crippen molar-refractivity contribution >= 4 is 24.3 Å². The molecule has 1 heterocycles. The van der Waals surface area contributed by atoms with E-state index in [0.29, 0.717) is 32.7 Å². The molecule has 22 heavy (non-hydrogen) atoms.